The number of para-hydroxylation sites is 1. The molecular formula is C23H18N2O2. The lowest BCUT2D eigenvalue weighted by molar-refractivity contribution is 0.306. The van der Waals surface area contributed by atoms with Crippen molar-refractivity contribution in [1.82, 2.24) is 0 Å². The highest BCUT2D eigenvalue weighted by Gasteiger charge is 2.30. The molecule has 4 rings (SSSR count). The highest BCUT2D eigenvalue weighted by molar-refractivity contribution is 5.55. The summed E-state index contributed by atoms with van der Waals surface area (Å²) in [7, 11) is 0. The lowest BCUT2D eigenvalue weighted by Crippen LogP contribution is -2.20. The van der Waals surface area contributed by atoms with E-state index >= 15 is 0 Å². The Balaban J connectivity index is 1.60. The Kier molecular flexibility index (Phi) is 4.51. The highest BCUT2D eigenvalue weighted by atomic mass is 16.5. The summed E-state index contributed by atoms with van der Waals surface area (Å²) in [6.45, 7) is 0.511. The quantitative estimate of drug-likeness (QED) is 0.750. The fraction of sp³-hybridized carbons (Fsp3) is 0.0870. The lowest BCUT2D eigenvalue weighted by Gasteiger charge is -2.26. The zero-order valence-electron chi connectivity index (χ0n) is 14.6. The third-order valence-electron chi connectivity index (χ3n) is 4.59. The van der Waals surface area contributed by atoms with Gasteiger partial charge in [0.05, 0.1) is 5.92 Å². The van der Waals surface area contributed by atoms with Crippen LogP contribution >= 0.6 is 0 Å². The summed E-state index contributed by atoms with van der Waals surface area (Å²) in [5.74, 6) is 1.37. The van der Waals surface area contributed by atoms with Gasteiger partial charge in [-0.2, -0.15) is 5.26 Å². The lowest BCUT2D eigenvalue weighted by atomic mass is 9.83. The van der Waals surface area contributed by atoms with E-state index in [1.165, 1.54) is 0 Å². The predicted octanol–water partition coefficient (Wildman–Crippen LogP) is 4.48. The first-order chi connectivity index (χ1) is 13.3. The minimum atomic E-state index is -0.247. The molecular weight excluding hydrogens is 336 g/mol. The van der Waals surface area contributed by atoms with Gasteiger partial charge in [0.1, 0.15) is 29.7 Å². The van der Waals surface area contributed by atoms with Crippen molar-refractivity contribution in [2.45, 2.75) is 12.5 Å². The molecule has 3 aromatic carbocycles. The molecule has 0 saturated heterocycles. The molecule has 0 fully saturated rings. The van der Waals surface area contributed by atoms with Crippen LogP contribution in [0.4, 0.5) is 0 Å². The maximum absolute atomic E-state index is 9.59. The largest absolute Gasteiger partial charge is 0.489 e. The normalized spacial score (nSPS) is 15.4. The van der Waals surface area contributed by atoms with Crippen molar-refractivity contribution in [3.05, 3.63) is 107 Å². The number of nitrogens with zero attached hydrogens (tertiary/aromatic N) is 1. The van der Waals surface area contributed by atoms with Gasteiger partial charge in [-0.25, -0.2) is 0 Å². The molecule has 132 valence electrons. The van der Waals surface area contributed by atoms with E-state index in [1.807, 2.05) is 78.9 Å². The van der Waals surface area contributed by atoms with Gasteiger partial charge in [0.2, 0.25) is 5.88 Å². The van der Waals surface area contributed by atoms with E-state index in [4.69, 9.17) is 15.2 Å². The second kappa shape index (κ2) is 7.27. The summed E-state index contributed by atoms with van der Waals surface area (Å²) < 4.78 is 11.5. The number of rotatable bonds is 4. The summed E-state index contributed by atoms with van der Waals surface area (Å²) in [6, 6.07) is 27.6. The van der Waals surface area contributed by atoms with E-state index in [0.717, 1.165) is 22.4 Å². The van der Waals surface area contributed by atoms with Crippen LogP contribution in [-0.4, -0.2) is 0 Å². The first-order valence-corrected chi connectivity index (χ1v) is 8.69. The molecule has 1 aliphatic heterocycles. The van der Waals surface area contributed by atoms with E-state index in [0.29, 0.717) is 17.9 Å². The molecule has 1 aliphatic rings. The van der Waals surface area contributed by atoms with Gasteiger partial charge in [-0.3, -0.25) is 0 Å². The summed E-state index contributed by atoms with van der Waals surface area (Å²) in [5, 5.41) is 9.59. The zero-order valence-corrected chi connectivity index (χ0v) is 14.6. The molecule has 0 aliphatic carbocycles. The van der Waals surface area contributed by atoms with Crippen LogP contribution in [0, 0.1) is 11.3 Å². The van der Waals surface area contributed by atoms with Crippen LogP contribution in [0.2, 0.25) is 0 Å². The third kappa shape index (κ3) is 3.36. The monoisotopic (exact) mass is 354 g/mol. The van der Waals surface area contributed by atoms with Crippen molar-refractivity contribution in [2.24, 2.45) is 5.73 Å². The van der Waals surface area contributed by atoms with Gasteiger partial charge >= 0.3 is 0 Å². The first kappa shape index (κ1) is 16.7. The van der Waals surface area contributed by atoms with E-state index < -0.39 is 0 Å². The average molecular weight is 354 g/mol. The molecule has 2 N–H and O–H groups in total. The van der Waals surface area contributed by atoms with Gasteiger partial charge in [-0.05, 0) is 29.3 Å². The standard InChI is InChI=1S/C23H18N2O2/c24-14-20-22(19-8-4-5-9-21(19)27-23(20)25)17-10-12-18(13-11-17)26-15-16-6-2-1-3-7-16/h1-13,22H,15,25H2/t22-/m1/s1. The van der Waals surface area contributed by atoms with Crippen LogP contribution in [0.1, 0.15) is 22.6 Å². The number of hydrogen-bond donors (Lipinski definition) is 1. The highest BCUT2D eigenvalue weighted by Crippen LogP contribution is 2.42. The molecule has 0 spiro atoms. The van der Waals surface area contributed by atoms with Crippen molar-refractivity contribution >= 4 is 0 Å². The Morgan fingerprint density at radius 1 is 0.926 bits per heavy atom. The molecule has 0 radical (unpaired) electrons. The number of ether oxygens (including phenoxy) is 2. The van der Waals surface area contributed by atoms with Gasteiger partial charge in [0.25, 0.3) is 0 Å². The van der Waals surface area contributed by atoms with E-state index in [-0.39, 0.29) is 11.8 Å². The molecule has 0 aromatic heterocycles. The molecule has 4 nitrogen and oxygen atoms in total. The smallest absolute Gasteiger partial charge is 0.205 e. The second-order valence-electron chi connectivity index (χ2n) is 6.31. The Bertz CT molecular complexity index is 1020. The maximum atomic E-state index is 9.59. The predicted molar refractivity (Wildman–Crippen MR) is 103 cm³/mol. The Hall–Kier alpha value is -3.71. The van der Waals surface area contributed by atoms with Gasteiger partial charge in [0.15, 0.2) is 0 Å². The number of benzene rings is 3. The number of nitrogens with two attached hydrogens (primary N) is 1. The molecule has 0 amide bonds. The van der Waals surface area contributed by atoms with Crippen molar-refractivity contribution in [2.75, 3.05) is 0 Å². The van der Waals surface area contributed by atoms with Crippen LogP contribution in [0.5, 0.6) is 11.5 Å². The molecule has 4 heteroatoms. The second-order valence-corrected chi connectivity index (χ2v) is 6.31. The molecule has 3 aromatic rings. The molecule has 0 saturated carbocycles. The number of fused-ring (bicyclic) bond motifs is 1. The van der Waals surface area contributed by atoms with E-state index in [9.17, 15) is 5.26 Å². The van der Waals surface area contributed by atoms with Gasteiger partial charge < -0.3 is 15.2 Å². The summed E-state index contributed by atoms with van der Waals surface area (Å²) >= 11 is 0. The fourth-order valence-corrected chi connectivity index (χ4v) is 3.25. The summed E-state index contributed by atoms with van der Waals surface area (Å²) in [5.41, 5.74) is 9.42. The molecule has 0 unspecified atom stereocenters. The Labute approximate surface area is 158 Å². The van der Waals surface area contributed by atoms with Crippen LogP contribution in [0.15, 0.2) is 90.3 Å². The van der Waals surface area contributed by atoms with Gasteiger partial charge in [0, 0.05) is 5.56 Å². The molecule has 1 atom stereocenters. The van der Waals surface area contributed by atoms with Gasteiger partial charge in [-0.1, -0.05) is 60.7 Å². The Morgan fingerprint density at radius 2 is 1.63 bits per heavy atom. The van der Waals surface area contributed by atoms with E-state index in [2.05, 4.69) is 6.07 Å². The fourth-order valence-electron chi connectivity index (χ4n) is 3.25. The SMILES string of the molecule is N#CC1=C(N)Oc2ccccc2[C@H]1c1ccc(OCc2ccccc2)cc1. The number of nitriles is 1. The molecule has 0 bridgehead atoms. The zero-order chi connectivity index (χ0) is 18.6. The topological polar surface area (TPSA) is 68.3 Å². The van der Waals surface area contributed by atoms with Crippen molar-refractivity contribution in [3.63, 3.8) is 0 Å². The minimum Gasteiger partial charge on any atom is -0.489 e. The van der Waals surface area contributed by atoms with Crippen LogP contribution < -0.4 is 15.2 Å². The van der Waals surface area contributed by atoms with Crippen LogP contribution in [-0.2, 0) is 6.61 Å². The number of hydrogen-bond acceptors (Lipinski definition) is 4. The minimum absolute atomic E-state index is 0.158. The van der Waals surface area contributed by atoms with Gasteiger partial charge in [-0.15, -0.1) is 0 Å². The maximum Gasteiger partial charge on any atom is 0.205 e. The van der Waals surface area contributed by atoms with Crippen molar-refractivity contribution < 1.29 is 9.47 Å². The first-order valence-electron chi connectivity index (χ1n) is 8.69. The molecule has 27 heavy (non-hydrogen) atoms. The van der Waals surface area contributed by atoms with E-state index in [1.54, 1.807) is 0 Å². The summed E-state index contributed by atoms with van der Waals surface area (Å²) in [6.07, 6.45) is 0. The van der Waals surface area contributed by atoms with Crippen LogP contribution in [0.25, 0.3) is 0 Å². The summed E-state index contributed by atoms with van der Waals surface area (Å²) in [4.78, 5) is 0. The third-order valence-corrected chi connectivity index (χ3v) is 4.59. The van der Waals surface area contributed by atoms with Crippen molar-refractivity contribution in [1.29, 1.82) is 5.26 Å². The number of allylic oxidation sites excluding steroid dienone is 1. The van der Waals surface area contributed by atoms with Crippen LogP contribution in [0.3, 0.4) is 0 Å². The Morgan fingerprint density at radius 3 is 2.37 bits per heavy atom. The average Bonchev–Trinajstić information content (AvgIpc) is 2.72. The van der Waals surface area contributed by atoms with Crippen molar-refractivity contribution in [3.8, 4) is 17.6 Å². The molecule has 1 heterocycles.